The number of H-pyrrole nitrogens is 1. The average molecular weight is 436 g/mol. The largest absolute Gasteiger partial charge is 0.361 e. The molecule has 1 aromatic carbocycles. The molecule has 0 bridgehead atoms. The van der Waals surface area contributed by atoms with Gasteiger partial charge in [-0.05, 0) is 71.8 Å². The van der Waals surface area contributed by atoms with Crippen LogP contribution in [0.1, 0.15) is 33.9 Å². The predicted octanol–water partition coefficient (Wildman–Crippen LogP) is 4.93. The third-order valence-corrected chi connectivity index (χ3v) is 6.36. The Kier molecular flexibility index (Phi) is 4.84. The van der Waals surface area contributed by atoms with Crippen molar-refractivity contribution in [1.29, 1.82) is 0 Å². The van der Waals surface area contributed by atoms with Crippen molar-refractivity contribution in [1.82, 2.24) is 14.9 Å². The zero-order chi connectivity index (χ0) is 18.3. The molecular formula is C19H19BrFN3OS. The number of aromatic nitrogens is 2. The number of carbonyl (C=O) groups excluding carboxylic acids is 1. The van der Waals surface area contributed by atoms with Gasteiger partial charge in [0.15, 0.2) is 5.69 Å². The molecule has 2 aromatic heterocycles. The minimum atomic E-state index is -0.244. The third kappa shape index (κ3) is 3.69. The van der Waals surface area contributed by atoms with Gasteiger partial charge in [0, 0.05) is 30.2 Å². The van der Waals surface area contributed by atoms with E-state index >= 15 is 0 Å². The third-order valence-electron chi connectivity index (χ3n) is 4.74. The lowest BCUT2D eigenvalue weighted by Crippen LogP contribution is -2.35. The summed E-state index contributed by atoms with van der Waals surface area (Å²) in [6.45, 7) is 3.26. The number of nitrogens with zero attached hydrogens (tertiary/aromatic N) is 2. The van der Waals surface area contributed by atoms with E-state index in [0.29, 0.717) is 24.6 Å². The number of carbonyl (C=O) groups is 1. The molecule has 2 heterocycles. The van der Waals surface area contributed by atoms with Crippen molar-refractivity contribution >= 4 is 44.1 Å². The highest BCUT2D eigenvalue weighted by atomic mass is 79.9. The van der Waals surface area contributed by atoms with Crippen LogP contribution in [0.3, 0.4) is 0 Å². The van der Waals surface area contributed by atoms with Crippen LogP contribution in [-0.2, 0) is 6.42 Å². The van der Waals surface area contributed by atoms with E-state index in [-0.39, 0.29) is 11.7 Å². The van der Waals surface area contributed by atoms with E-state index in [9.17, 15) is 9.18 Å². The molecule has 0 saturated heterocycles. The first-order valence-electron chi connectivity index (χ1n) is 8.69. The van der Waals surface area contributed by atoms with E-state index in [2.05, 4.69) is 25.9 Å². The van der Waals surface area contributed by atoms with Crippen LogP contribution in [0, 0.1) is 18.7 Å². The number of fused-ring (bicyclic) bond motifs is 1. The van der Waals surface area contributed by atoms with Crippen molar-refractivity contribution in [3.05, 3.63) is 50.3 Å². The molecule has 1 aliphatic carbocycles. The Balaban J connectivity index is 1.54. The molecule has 0 atom stereocenters. The van der Waals surface area contributed by atoms with Gasteiger partial charge >= 0.3 is 0 Å². The van der Waals surface area contributed by atoms with Gasteiger partial charge in [0.25, 0.3) is 5.91 Å². The minimum absolute atomic E-state index is 0.0286. The highest BCUT2D eigenvalue weighted by Crippen LogP contribution is 2.32. The summed E-state index contributed by atoms with van der Waals surface area (Å²) in [4.78, 5) is 22.5. The fourth-order valence-electron chi connectivity index (χ4n) is 3.18. The molecular weight excluding hydrogens is 417 g/mol. The SMILES string of the molecule is Cc1nc(C(=O)N(CCc2c[nH]c3ccc(F)cc23)CC2CC2)c(Br)s1. The second kappa shape index (κ2) is 7.12. The Morgan fingerprint density at radius 3 is 2.96 bits per heavy atom. The number of thiazole rings is 1. The summed E-state index contributed by atoms with van der Waals surface area (Å²) in [6, 6.07) is 4.75. The molecule has 0 radical (unpaired) electrons. The summed E-state index contributed by atoms with van der Waals surface area (Å²) in [5.41, 5.74) is 2.44. The molecule has 1 fully saturated rings. The number of aromatic amines is 1. The number of nitrogens with one attached hydrogen (secondary N) is 1. The summed E-state index contributed by atoms with van der Waals surface area (Å²) in [7, 11) is 0. The zero-order valence-electron chi connectivity index (χ0n) is 14.4. The predicted molar refractivity (Wildman–Crippen MR) is 105 cm³/mol. The highest BCUT2D eigenvalue weighted by molar-refractivity contribution is 9.11. The molecule has 7 heteroatoms. The van der Waals surface area contributed by atoms with Crippen LogP contribution in [0.4, 0.5) is 4.39 Å². The molecule has 4 nitrogen and oxygen atoms in total. The topological polar surface area (TPSA) is 49.0 Å². The number of hydrogen-bond donors (Lipinski definition) is 1. The maximum absolute atomic E-state index is 13.6. The molecule has 1 saturated carbocycles. The van der Waals surface area contributed by atoms with E-state index in [1.165, 1.54) is 30.2 Å². The average Bonchev–Trinajstić information content (AvgIpc) is 3.25. The molecule has 0 aliphatic heterocycles. The Hall–Kier alpha value is -1.73. The maximum Gasteiger partial charge on any atom is 0.274 e. The molecule has 1 amide bonds. The first kappa shape index (κ1) is 17.7. The molecule has 3 aromatic rings. The second-order valence-electron chi connectivity index (χ2n) is 6.80. The van der Waals surface area contributed by atoms with Gasteiger partial charge in [-0.3, -0.25) is 4.79 Å². The number of hydrogen-bond acceptors (Lipinski definition) is 3. The lowest BCUT2D eigenvalue weighted by molar-refractivity contribution is 0.0743. The van der Waals surface area contributed by atoms with Gasteiger partial charge in [0.2, 0.25) is 0 Å². The van der Waals surface area contributed by atoms with Crippen LogP contribution >= 0.6 is 27.3 Å². The van der Waals surface area contributed by atoms with E-state index in [4.69, 9.17) is 0 Å². The lowest BCUT2D eigenvalue weighted by Gasteiger charge is -2.22. The van der Waals surface area contributed by atoms with Crippen LogP contribution in [0.25, 0.3) is 10.9 Å². The second-order valence-corrected chi connectivity index (χ2v) is 9.32. The van der Waals surface area contributed by atoms with Gasteiger partial charge in [-0.25, -0.2) is 9.37 Å². The standard InChI is InChI=1S/C19H19BrFN3OS/c1-11-23-17(18(20)26-11)19(25)24(10-12-2-3-12)7-6-13-9-22-16-5-4-14(21)8-15(13)16/h4-5,8-9,12,22H,2-3,6-7,10H2,1H3. The van der Waals surface area contributed by atoms with Gasteiger partial charge in [0.1, 0.15) is 9.60 Å². The van der Waals surface area contributed by atoms with Gasteiger partial charge in [-0.2, -0.15) is 0 Å². The summed E-state index contributed by atoms with van der Waals surface area (Å²) in [6.07, 6.45) is 4.95. The number of benzene rings is 1. The first-order chi connectivity index (χ1) is 12.5. The molecule has 4 rings (SSSR count). The van der Waals surface area contributed by atoms with Crippen molar-refractivity contribution in [3.8, 4) is 0 Å². The summed E-state index contributed by atoms with van der Waals surface area (Å²) in [5.74, 6) is 0.322. The van der Waals surface area contributed by atoms with Crippen LogP contribution in [0.2, 0.25) is 0 Å². The van der Waals surface area contributed by atoms with E-state index in [1.54, 1.807) is 12.1 Å². The summed E-state index contributed by atoms with van der Waals surface area (Å²) in [5, 5.41) is 1.76. The zero-order valence-corrected chi connectivity index (χ0v) is 16.8. The molecule has 1 aliphatic rings. The van der Waals surface area contributed by atoms with E-state index in [0.717, 1.165) is 31.8 Å². The lowest BCUT2D eigenvalue weighted by atomic mass is 10.1. The van der Waals surface area contributed by atoms with Crippen molar-refractivity contribution in [2.24, 2.45) is 5.92 Å². The van der Waals surface area contributed by atoms with Crippen LogP contribution < -0.4 is 0 Å². The Morgan fingerprint density at radius 2 is 2.27 bits per heavy atom. The number of amides is 1. The summed E-state index contributed by atoms with van der Waals surface area (Å²) >= 11 is 4.94. The molecule has 0 unspecified atom stereocenters. The fourth-order valence-corrected chi connectivity index (χ4v) is 4.77. The summed E-state index contributed by atoms with van der Waals surface area (Å²) < 4.78 is 14.4. The number of aryl methyl sites for hydroxylation is 1. The van der Waals surface area contributed by atoms with E-state index in [1.807, 2.05) is 18.0 Å². The van der Waals surface area contributed by atoms with Gasteiger partial charge in [-0.1, -0.05) is 0 Å². The Labute approximate surface area is 163 Å². The van der Waals surface area contributed by atoms with Crippen LogP contribution in [0.15, 0.2) is 28.2 Å². The molecule has 26 heavy (non-hydrogen) atoms. The number of rotatable bonds is 6. The minimum Gasteiger partial charge on any atom is -0.361 e. The van der Waals surface area contributed by atoms with Crippen molar-refractivity contribution in [2.45, 2.75) is 26.2 Å². The normalized spacial score (nSPS) is 14.1. The van der Waals surface area contributed by atoms with E-state index < -0.39 is 0 Å². The quantitative estimate of drug-likeness (QED) is 0.596. The Morgan fingerprint density at radius 1 is 1.46 bits per heavy atom. The van der Waals surface area contributed by atoms with Crippen molar-refractivity contribution in [2.75, 3.05) is 13.1 Å². The fraction of sp³-hybridized carbons (Fsp3) is 0.368. The van der Waals surface area contributed by atoms with Crippen molar-refractivity contribution in [3.63, 3.8) is 0 Å². The van der Waals surface area contributed by atoms with Crippen LogP contribution in [0.5, 0.6) is 0 Å². The number of halogens is 2. The molecule has 136 valence electrons. The van der Waals surface area contributed by atoms with Gasteiger partial charge < -0.3 is 9.88 Å². The maximum atomic E-state index is 13.6. The first-order valence-corrected chi connectivity index (χ1v) is 10.3. The highest BCUT2D eigenvalue weighted by Gasteiger charge is 2.29. The molecule has 1 N–H and O–H groups in total. The van der Waals surface area contributed by atoms with Gasteiger partial charge in [-0.15, -0.1) is 11.3 Å². The monoisotopic (exact) mass is 435 g/mol. The molecule has 0 spiro atoms. The Bertz CT molecular complexity index is 963. The smallest absolute Gasteiger partial charge is 0.274 e. The van der Waals surface area contributed by atoms with Gasteiger partial charge in [0.05, 0.1) is 5.01 Å². The van der Waals surface area contributed by atoms with Crippen molar-refractivity contribution < 1.29 is 9.18 Å². The van der Waals surface area contributed by atoms with Crippen LogP contribution in [-0.4, -0.2) is 33.9 Å².